The van der Waals surface area contributed by atoms with E-state index in [0.717, 1.165) is 97.9 Å². The Morgan fingerprint density at radius 1 is 0.959 bits per heavy atom. The van der Waals surface area contributed by atoms with Gasteiger partial charge >= 0.3 is 0 Å². The topological polar surface area (TPSA) is 181 Å². The zero-order valence-electron chi connectivity index (χ0n) is 28.5. The Morgan fingerprint density at radius 3 is 2.29 bits per heavy atom. The average Bonchev–Trinajstić information content (AvgIpc) is 3.68. The quantitative estimate of drug-likeness (QED) is 0.224. The highest BCUT2D eigenvalue weighted by Crippen LogP contribution is 2.41. The monoisotopic (exact) mass is 674 g/mol. The van der Waals surface area contributed by atoms with E-state index in [-0.39, 0.29) is 12.1 Å². The Balaban J connectivity index is 0.000000531. The molecule has 262 valence electrons. The van der Waals surface area contributed by atoms with Crippen molar-refractivity contribution in [3.8, 4) is 22.8 Å². The number of hydrogen-bond acceptors (Lipinski definition) is 11. The number of fused-ring (bicyclic) bond motifs is 2. The molecular formula is C35H46N8O6. The van der Waals surface area contributed by atoms with Crippen molar-refractivity contribution in [2.45, 2.75) is 57.7 Å². The lowest BCUT2D eigenvalue weighted by molar-refractivity contribution is -0.135. The number of nitrogen functional groups attached to an aromatic ring is 1. The van der Waals surface area contributed by atoms with Crippen LogP contribution >= 0.6 is 0 Å². The van der Waals surface area contributed by atoms with Gasteiger partial charge in [0.15, 0.2) is 5.65 Å². The molecule has 1 saturated carbocycles. The molecule has 2 fully saturated rings. The molecule has 4 heterocycles. The number of nitrogens with one attached hydrogen (secondary N) is 1. The maximum atomic E-state index is 9.00. The number of para-hydroxylation sites is 1. The summed E-state index contributed by atoms with van der Waals surface area (Å²) in [6.07, 6.45) is 6.05. The van der Waals surface area contributed by atoms with Crippen molar-refractivity contribution in [1.82, 2.24) is 29.5 Å². The van der Waals surface area contributed by atoms with Crippen LogP contribution in [0.15, 0.2) is 48.8 Å². The maximum absolute atomic E-state index is 9.00. The van der Waals surface area contributed by atoms with Crippen LogP contribution in [0.5, 0.6) is 11.5 Å². The first-order valence-electron chi connectivity index (χ1n) is 16.5. The van der Waals surface area contributed by atoms with Crippen molar-refractivity contribution in [2.24, 2.45) is 0 Å². The molecule has 1 aliphatic carbocycles. The molecule has 0 radical (unpaired) electrons. The molecule has 4 aromatic rings. The van der Waals surface area contributed by atoms with Crippen molar-refractivity contribution in [2.75, 3.05) is 58.0 Å². The number of likely N-dealkylation sites (N-methyl/N-ethyl adjacent to an activating group) is 1. The van der Waals surface area contributed by atoms with Crippen LogP contribution in [0, 0.1) is 0 Å². The molecule has 2 aromatic heterocycles. The standard InChI is InChI=1S/C31H38N8O2.2C2H4O2/c1-37-13-15-38(16-14-37)21-8-10-22(11-9-21)39-31-28(30(32)33-19-34-31)29(36-39)20-7-12-24(27(17-20)40-2)35-25-18-41-26-6-4-3-5-23(25)26;2*1-2(3)4/h3-7,12,17,19,21-22,25,35H,8-11,13-16,18H2,1-2H3,(H2,32,33,34);2*1H3,(H,3,4). The summed E-state index contributed by atoms with van der Waals surface area (Å²) in [5.74, 6) is 0.437. The average molecular weight is 675 g/mol. The molecular weight excluding hydrogens is 628 g/mol. The number of carboxylic acids is 2. The number of nitrogens with two attached hydrogens (primary N) is 1. The summed E-state index contributed by atoms with van der Waals surface area (Å²) in [4.78, 5) is 32.1. The van der Waals surface area contributed by atoms with Gasteiger partial charge in [-0.15, -0.1) is 0 Å². The Hall–Kier alpha value is -4.95. The Morgan fingerprint density at radius 2 is 1.61 bits per heavy atom. The third kappa shape index (κ3) is 8.56. The minimum absolute atomic E-state index is 0.0519. The van der Waals surface area contributed by atoms with Crippen molar-refractivity contribution < 1.29 is 29.3 Å². The van der Waals surface area contributed by atoms with Gasteiger partial charge in [0.2, 0.25) is 0 Å². The second-order valence-corrected chi connectivity index (χ2v) is 12.6. The fourth-order valence-electron chi connectivity index (χ4n) is 6.73. The Bertz CT molecular complexity index is 1730. The predicted molar refractivity (Wildman–Crippen MR) is 187 cm³/mol. The lowest BCUT2D eigenvalue weighted by atomic mass is 9.90. The summed E-state index contributed by atoms with van der Waals surface area (Å²) < 4.78 is 13.8. The molecule has 5 N–H and O–H groups in total. The van der Waals surface area contributed by atoms with Crippen molar-refractivity contribution >= 4 is 34.5 Å². The van der Waals surface area contributed by atoms with E-state index >= 15 is 0 Å². The molecule has 0 amide bonds. The van der Waals surface area contributed by atoms with Gasteiger partial charge in [-0.2, -0.15) is 5.10 Å². The van der Waals surface area contributed by atoms with Crippen LogP contribution in [0.2, 0.25) is 0 Å². The van der Waals surface area contributed by atoms with Crippen LogP contribution in [0.3, 0.4) is 0 Å². The number of ether oxygens (including phenoxy) is 2. The van der Waals surface area contributed by atoms with Gasteiger partial charge in [-0.05, 0) is 50.9 Å². The number of methoxy groups -OCH3 is 1. The van der Waals surface area contributed by atoms with E-state index < -0.39 is 11.9 Å². The predicted octanol–water partition coefficient (Wildman–Crippen LogP) is 4.54. The number of anilines is 2. The molecule has 2 aliphatic heterocycles. The van der Waals surface area contributed by atoms with Crippen LogP contribution in [0.25, 0.3) is 22.3 Å². The third-order valence-corrected chi connectivity index (χ3v) is 9.09. The molecule has 1 unspecified atom stereocenters. The summed E-state index contributed by atoms with van der Waals surface area (Å²) in [6, 6.07) is 15.3. The summed E-state index contributed by atoms with van der Waals surface area (Å²) >= 11 is 0. The number of rotatable bonds is 6. The number of hydrogen-bond donors (Lipinski definition) is 4. The van der Waals surface area contributed by atoms with Crippen LogP contribution in [-0.2, 0) is 9.59 Å². The lowest BCUT2D eigenvalue weighted by Gasteiger charge is -2.41. The van der Waals surface area contributed by atoms with E-state index in [1.54, 1.807) is 13.4 Å². The second-order valence-electron chi connectivity index (χ2n) is 12.6. The van der Waals surface area contributed by atoms with Gasteiger partial charge in [-0.3, -0.25) is 14.5 Å². The molecule has 3 aliphatic rings. The summed E-state index contributed by atoms with van der Waals surface area (Å²) in [5.41, 5.74) is 11.0. The lowest BCUT2D eigenvalue weighted by Crippen LogP contribution is -2.49. The fourth-order valence-corrected chi connectivity index (χ4v) is 6.73. The molecule has 0 spiro atoms. The molecule has 7 rings (SSSR count). The van der Waals surface area contributed by atoms with Gasteiger partial charge in [0.25, 0.3) is 11.9 Å². The van der Waals surface area contributed by atoms with Crippen LogP contribution < -0.4 is 20.5 Å². The molecule has 1 atom stereocenters. The highest BCUT2D eigenvalue weighted by Gasteiger charge is 2.31. The highest BCUT2D eigenvalue weighted by atomic mass is 16.5. The van der Waals surface area contributed by atoms with E-state index in [1.165, 1.54) is 12.8 Å². The second kappa shape index (κ2) is 16.0. The van der Waals surface area contributed by atoms with E-state index in [0.29, 0.717) is 18.5 Å². The number of carbonyl (C=O) groups is 2. The zero-order valence-corrected chi connectivity index (χ0v) is 28.5. The highest BCUT2D eigenvalue weighted by molar-refractivity contribution is 5.98. The van der Waals surface area contributed by atoms with Gasteiger partial charge in [0, 0.05) is 57.2 Å². The molecule has 14 heteroatoms. The number of aromatic nitrogens is 4. The molecule has 2 aromatic carbocycles. The smallest absolute Gasteiger partial charge is 0.300 e. The minimum Gasteiger partial charge on any atom is -0.495 e. The first-order chi connectivity index (χ1) is 23.5. The van der Waals surface area contributed by atoms with E-state index in [2.05, 4.69) is 48.9 Å². The minimum atomic E-state index is -0.833. The van der Waals surface area contributed by atoms with E-state index in [1.807, 2.05) is 30.3 Å². The summed E-state index contributed by atoms with van der Waals surface area (Å²) in [5, 5.41) is 24.4. The number of aliphatic carboxylic acids is 2. The van der Waals surface area contributed by atoms with Crippen LogP contribution in [0.1, 0.15) is 57.2 Å². The third-order valence-electron chi connectivity index (χ3n) is 9.09. The fraction of sp³-hybridized carbons (Fsp3) is 0.457. The number of piperazine rings is 1. The van der Waals surface area contributed by atoms with Gasteiger partial charge in [-0.25, -0.2) is 14.6 Å². The number of carboxylic acid groups (broad SMARTS) is 2. The molecule has 1 saturated heterocycles. The van der Waals surface area contributed by atoms with Crippen LogP contribution in [-0.4, -0.2) is 105 Å². The van der Waals surface area contributed by atoms with Gasteiger partial charge < -0.3 is 35.6 Å². The first kappa shape index (κ1) is 35.4. The number of nitrogens with zero attached hydrogens (tertiary/aromatic N) is 6. The van der Waals surface area contributed by atoms with Crippen molar-refractivity contribution in [1.29, 1.82) is 0 Å². The molecule has 14 nitrogen and oxygen atoms in total. The van der Waals surface area contributed by atoms with Crippen molar-refractivity contribution in [3.05, 3.63) is 54.4 Å². The first-order valence-corrected chi connectivity index (χ1v) is 16.5. The van der Waals surface area contributed by atoms with Crippen LogP contribution in [0.4, 0.5) is 11.5 Å². The normalized spacial score (nSPS) is 20.5. The Kier molecular flexibility index (Phi) is 11.5. The molecule has 49 heavy (non-hydrogen) atoms. The van der Waals surface area contributed by atoms with Gasteiger partial charge in [0.05, 0.1) is 30.3 Å². The Labute approximate surface area is 285 Å². The van der Waals surface area contributed by atoms with E-state index in [9.17, 15) is 0 Å². The largest absolute Gasteiger partial charge is 0.495 e. The van der Waals surface area contributed by atoms with Gasteiger partial charge in [0.1, 0.15) is 35.9 Å². The van der Waals surface area contributed by atoms with Crippen molar-refractivity contribution in [3.63, 3.8) is 0 Å². The molecule has 0 bridgehead atoms. The van der Waals surface area contributed by atoms with E-state index in [4.69, 9.17) is 40.1 Å². The summed E-state index contributed by atoms with van der Waals surface area (Å²) in [6.45, 7) is 7.38. The SMILES string of the molecule is CC(=O)O.CC(=O)O.COc1cc(-c2nn(C3CCC(N4CCN(C)CC4)CC3)c3ncnc(N)c23)ccc1NC1COc2ccccc21. The number of benzene rings is 2. The zero-order chi connectivity index (χ0) is 35.1. The van der Waals surface area contributed by atoms with Gasteiger partial charge in [-0.1, -0.05) is 24.3 Å². The maximum Gasteiger partial charge on any atom is 0.300 e. The summed E-state index contributed by atoms with van der Waals surface area (Å²) in [7, 11) is 3.90.